The lowest BCUT2D eigenvalue weighted by Gasteiger charge is -2.30. The molecule has 4 aromatic carbocycles. The van der Waals surface area contributed by atoms with Crippen molar-refractivity contribution in [2.24, 2.45) is 0 Å². The second kappa shape index (κ2) is 21.5. The molecule has 8 heterocycles. The Morgan fingerprint density at radius 1 is 0.691 bits per heavy atom. The second-order valence-corrected chi connectivity index (χ2v) is 22.8. The Kier molecular flexibility index (Phi) is 14.6. The minimum absolute atomic E-state index is 0.0145. The van der Waals surface area contributed by atoms with Gasteiger partial charge in [-0.3, -0.25) is 19.6 Å². The summed E-state index contributed by atoms with van der Waals surface area (Å²) >= 11 is 12.2. The van der Waals surface area contributed by atoms with E-state index < -0.39 is 22.8 Å². The highest BCUT2D eigenvalue weighted by Crippen LogP contribution is 2.51. The van der Waals surface area contributed by atoms with Crippen LogP contribution in [-0.2, 0) is 33.3 Å². The van der Waals surface area contributed by atoms with Gasteiger partial charge in [0.2, 0.25) is 0 Å². The number of aromatic nitrogens is 6. The first-order valence-electron chi connectivity index (χ1n) is 26.3. The Morgan fingerprint density at radius 2 is 1.22 bits per heavy atom. The van der Waals surface area contributed by atoms with Crippen molar-refractivity contribution in [2.45, 2.75) is 82.0 Å². The maximum Gasteiger partial charge on any atom is 0.163 e. The van der Waals surface area contributed by atoms with Crippen LogP contribution in [0.25, 0.3) is 44.3 Å². The zero-order valence-electron chi connectivity index (χ0n) is 45.3. The average Bonchev–Trinajstić information content (AvgIpc) is 3.85. The van der Waals surface area contributed by atoms with Crippen molar-refractivity contribution in [2.75, 3.05) is 34.0 Å². The highest BCUT2D eigenvalue weighted by molar-refractivity contribution is 6.31. The standard InChI is InChI=1S/C33H30ClFN4O4.C30H26ClFN2O4/c1-32(2)18-43-31-23(32)16-28(38-30(31)21-6-7-25(35)24(34)14-21)33(41,17-39-12-11-36-19-39)9-8-26(40)22-13-20-5-4-10-37-29(20)27(15-22)42-3;1-29(2)15-37-28-20(29)14-25(34-27(28)18-6-7-22(32)21(31)12-18)30(16-38-30)9-8-23(35)19-11-17-5-4-10-33-26(17)24(13-19)36-3/h4-7,10-16,19,41H,8-9,17-18H2,1-3H3;4-7,10-14H,8-9,15-16H2,1-3H3. The molecule has 414 valence electrons. The number of rotatable bonds is 16. The molecule has 81 heavy (non-hydrogen) atoms. The molecular formula is C63H56Cl2F2N6O8. The summed E-state index contributed by atoms with van der Waals surface area (Å²) in [4.78, 5) is 49.6. The molecule has 0 amide bonds. The zero-order valence-corrected chi connectivity index (χ0v) is 46.8. The van der Waals surface area contributed by atoms with Crippen LogP contribution in [0.2, 0.25) is 10.0 Å². The van der Waals surface area contributed by atoms with Gasteiger partial charge in [-0.25, -0.2) is 23.7 Å². The molecule has 18 heteroatoms. The monoisotopic (exact) mass is 1130 g/mol. The number of ketones is 2. The number of carbonyl (C=O) groups excluding carboxylic acids is 2. The van der Waals surface area contributed by atoms with Crippen LogP contribution in [0, 0.1) is 11.6 Å². The first-order chi connectivity index (χ1) is 38.8. The number of hydrogen-bond donors (Lipinski definition) is 1. The van der Waals surface area contributed by atoms with E-state index in [0.29, 0.717) is 99.6 Å². The van der Waals surface area contributed by atoms with Crippen molar-refractivity contribution >= 4 is 56.6 Å². The lowest BCUT2D eigenvalue weighted by Crippen LogP contribution is -2.33. The van der Waals surface area contributed by atoms with E-state index in [1.165, 1.54) is 25.3 Å². The van der Waals surface area contributed by atoms with Gasteiger partial charge in [-0.05, 0) is 97.8 Å². The maximum absolute atomic E-state index is 14.1. The number of pyridine rings is 4. The molecule has 9 aromatic rings. The molecule has 1 N–H and O–H groups in total. The van der Waals surface area contributed by atoms with Crippen LogP contribution in [0.1, 0.15) is 96.6 Å². The molecule has 0 bridgehead atoms. The molecule has 1 fully saturated rings. The lowest BCUT2D eigenvalue weighted by molar-refractivity contribution is 0.00415. The number of fused-ring (bicyclic) bond motifs is 4. The molecular weight excluding hydrogens is 1080 g/mol. The predicted molar refractivity (Wildman–Crippen MR) is 304 cm³/mol. The quantitative estimate of drug-likeness (QED) is 0.0716. The van der Waals surface area contributed by atoms with E-state index in [1.807, 2.05) is 50.2 Å². The number of ether oxygens (including phenoxy) is 5. The minimum atomic E-state index is -1.58. The van der Waals surface area contributed by atoms with E-state index >= 15 is 0 Å². The fourth-order valence-electron chi connectivity index (χ4n) is 10.5. The summed E-state index contributed by atoms with van der Waals surface area (Å²) < 4.78 is 58.8. The largest absolute Gasteiger partial charge is 0.494 e. The van der Waals surface area contributed by atoms with Gasteiger partial charge in [-0.2, -0.15) is 0 Å². The Labute approximate surface area is 476 Å². The molecule has 0 radical (unpaired) electrons. The molecule has 0 aliphatic carbocycles. The van der Waals surface area contributed by atoms with Gasteiger partial charge in [-0.1, -0.05) is 63.0 Å². The van der Waals surface area contributed by atoms with Crippen LogP contribution in [0.15, 0.2) is 128 Å². The summed E-state index contributed by atoms with van der Waals surface area (Å²) in [6.07, 6.45) is 9.17. The fraction of sp³-hybridized carbons (Fsp3) is 0.286. The number of hydrogen-bond acceptors (Lipinski definition) is 13. The highest BCUT2D eigenvalue weighted by Gasteiger charge is 2.50. The summed E-state index contributed by atoms with van der Waals surface area (Å²) in [6, 6.07) is 27.2. The smallest absolute Gasteiger partial charge is 0.163 e. The van der Waals surface area contributed by atoms with E-state index in [4.69, 9.17) is 56.9 Å². The number of Topliss-reactive ketones (excluding diaryl/α,β-unsaturated/α-hetero) is 2. The topological polar surface area (TPSA) is 173 Å². The molecule has 3 aliphatic heterocycles. The molecule has 5 aromatic heterocycles. The van der Waals surface area contributed by atoms with Gasteiger partial charge >= 0.3 is 0 Å². The third kappa shape index (κ3) is 10.8. The van der Waals surface area contributed by atoms with Gasteiger partial charge < -0.3 is 33.4 Å². The number of nitrogens with zero attached hydrogens (tertiary/aromatic N) is 6. The number of imidazole rings is 1. The van der Waals surface area contributed by atoms with Gasteiger partial charge in [-0.15, -0.1) is 0 Å². The van der Waals surface area contributed by atoms with Crippen molar-refractivity contribution in [1.82, 2.24) is 29.5 Å². The van der Waals surface area contributed by atoms with Crippen molar-refractivity contribution in [1.29, 1.82) is 0 Å². The lowest BCUT2D eigenvalue weighted by atomic mass is 9.83. The Bertz CT molecular complexity index is 3950. The molecule has 2 unspecified atom stereocenters. The number of aliphatic hydroxyl groups is 1. The molecule has 2 atom stereocenters. The molecule has 0 saturated carbocycles. The van der Waals surface area contributed by atoms with E-state index in [2.05, 4.69) is 28.8 Å². The van der Waals surface area contributed by atoms with E-state index in [-0.39, 0.29) is 58.2 Å². The van der Waals surface area contributed by atoms with Crippen LogP contribution >= 0.6 is 23.2 Å². The molecule has 1 saturated heterocycles. The first-order valence-corrected chi connectivity index (χ1v) is 27.1. The van der Waals surface area contributed by atoms with E-state index in [1.54, 1.807) is 85.3 Å². The molecule has 14 nitrogen and oxygen atoms in total. The Balaban J connectivity index is 0.000000172. The number of carbonyl (C=O) groups is 2. The van der Waals surface area contributed by atoms with Gasteiger partial charge in [0.25, 0.3) is 0 Å². The maximum atomic E-state index is 14.1. The van der Waals surface area contributed by atoms with E-state index in [9.17, 15) is 23.5 Å². The Hall–Kier alpha value is -7.89. The van der Waals surface area contributed by atoms with Crippen LogP contribution in [0.4, 0.5) is 8.78 Å². The van der Waals surface area contributed by atoms with Crippen molar-refractivity contribution < 1.29 is 47.2 Å². The highest BCUT2D eigenvalue weighted by atomic mass is 35.5. The average molecular weight is 1130 g/mol. The summed E-state index contributed by atoms with van der Waals surface area (Å²) in [5.41, 5.74) is 4.75. The first kappa shape index (κ1) is 55.0. The van der Waals surface area contributed by atoms with Gasteiger partial charge in [0.15, 0.2) is 11.6 Å². The molecule has 12 rings (SSSR count). The van der Waals surface area contributed by atoms with Gasteiger partial charge in [0, 0.05) is 92.6 Å². The normalized spacial score (nSPS) is 17.0. The summed E-state index contributed by atoms with van der Waals surface area (Å²) in [7, 11) is 3.11. The number of benzene rings is 4. The summed E-state index contributed by atoms with van der Waals surface area (Å²) in [5, 5.41) is 14.0. The Morgan fingerprint density at radius 3 is 1.73 bits per heavy atom. The van der Waals surface area contributed by atoms with Gasteiger partial charge in [0.05, 0.1) is 68.3 Å². The van der Waals surface area contributed by atoms with Crippen LogP contribution < -0.4 is 18.9 Å². The minimum Gasteiger partial charge on any atom is -0.494 e. The van der Waals surface area contributed by atoms with Crippen molar-refractivity contribution in [3.63, 3.8) is 0 Å². The van der Waals surface area contributed by atoms with Gasteiger partial charge in [0.1, 0.15) is 68.3 Å². The number of methoxy groups -OCH3 is 2. The number of halogens is 4. The summed E-state index contributed by atoms with van der Waals surface area (Å²) in [5.74, 6) is 1.08. The third-order valence-corrected chi connectivity index (χ3v) is 15.9. The predicted octanol–water partition coefficient (Wildman–Crippen LogP) is 13.2. The van der Waals surface area contributed by atoms with Crippen molar-refractivity contribution in [3.05, 3.63) is 183 Å². The zero-order chi connectivity index (χ0) is 57.0. The van der Waals surface area contributed by atoms with E-state index in [0.717, 1.165) is 27.6 Å². The molecule has 3 aliphatic rings. The SMILES string of the molecule is COc1cc(C(=O)CCC(O)(Cn2ccnc2)c2cc3c(c(-c4ccc(F)c(Cl)c4)n2)OCC3(C)C)cc2cccnc12.COc1cc(C(=O)CCC2(c3cc4c(c(-c5ccc(F)c(Cl)c5)n3)OCC4(C)C)CO2)cc2cccnc12. The molecule has 0 spiro atoms. The number of epoxide rings is 1. The fourth-order valence-corrected chi connectivity index (χ4v) is 10.9. The van der Waals surface area contributed by atoms with Crippen LogP contribution in [0.3, 0.4) is 0 Å². The third-order valence-electron chi connectivity index (χ3n) is 15.3. The van der Waals surface area contributed by atoms with Crippen LogP contribution in [-0.4, -0.2) is 80.2 Å². The second-order valence-electron chi connectivity index (χ2n) is 22.0. The summed E-state index contributed by atoms with van der Waals surface area (Å²) in [6.45, 7) is 9.78. The van der Waals surface area contributed by atoms with Crippen molar-refractivity contribution in [3.8, 4) is 45.5 Å². The van der Waals surface area contributed by atoms with Crippen LogP contribution in [0.5, 0.6) is 23.0 Å².